The average Bonchev–Trinajstić information content (AvgIpc) is 3.04. The molecule has 2 aromatic heterocycles. The zero-order chi connectivity index (χ0) is 20.4. The summed E-state index contributed by atoms with van der Waals surface area (Å²) in [6.07, 6.45) is 5.60. The summed E-state index contributed by atoms with van der Waals surface area (Å²) in [5, 5.41) is 3.75. The quantitative estimate of drug-likeness (QED) is 0.749. The van der Waals surface area contributed by atoms with E-state index in [1.807, 2.05) is 0 Å². The van der Waals surface area contributed by atoms with Crippen LogP contribution < -0.4 is 10.9 Å². The Labute approximate surface area is 174 Å². The smallest absolute Gasteiger partial charge is 0.259 e. The summed E-state index contributed by atoms with van der Waals surface area (Å²) < 4.78 is 5.73. The lowest BCUT2D eigenvalue weighted by molar-refractivity contribution is -0.121. The van der Waals surface area contributed by atoms with Crippen molar-refractivity contribution in [3.63, 3.8) is 0 Å². The number of hydrogen-bond acceptors (Lipinski definition) is 6. The highest BCUT2D eigenvalue weighted by atomic mass is 32.1. The molecule has 158 valence electrons. The lowest BCUT2D eigenvalue weighted by atomic mass is 9.97. The van der Waals surface area contributed by atoms with Crippen LogP contribution in [0, 0.1) is 0 Å². The number of thiophene rings is 1. The molecule has 2 aliphatic rings. The Morgan fingerprint density at radius 2 is 2.03 bits per heavy atom. The lowest BCUT2D eigenvalue weighted by Gasteiger charge is -2.35. The molecule has 2 unspecified atom stereocenters. The average molecular weight is 419 g/mol. The molecular formula is C21H30N4O3S. The van der Waals surface area contributed by atoms with E-state index in [0.29, 0.717) is 25.2 Å². The van der Waals surface area contributed by atoms with Crippen LogP contribution in [0.5, 0.6) is 0 Å². The topological polar surface area (TPSA) is 87.3 Å². The number of H-pyrrole nitrogens is 1. The number of ether oxygens (including phenoxy) is 1. The fourth-order valence-corrected chi connectivity index (χ4v) is 5.75. The second-order valence-electron chi connectivity index (χ2n) is 8.27. The van der Waals surface area contributed by atoms with Gasteiger partial charge in [0, 0.05) is 43.9 Å². The summed E-state index contributed by atoms with van der Waals surface area (Å²) in [7, 11) is 0. The van der Waals surface area contributed by atoms with Crippen molar-refractivity contribution in [3.05, 3.63) is 26.6 Å². The first-order chi connectivity index (χ1) is 14.0. The van der Waals surface area contributed by atoms with Gasteiger partial charge >= 0.3 is 0 Å². The first kappa shape index (κ1) is 20.5. The molecule has 2 aromatic rings. The van der Waals surface area contributed by atoms with E-state index >= 15 is 0 Å². The monoisotopic (exact) mass is 418 g/mol. The summed E-state index contributed by atoms with van der Waals surface area (Å²) >= 11 is 1.64. The third-order valence-corrected chi connectivity index (χ3v) is 6.89. The SMILES string of the molecule is CC1CN(CCNC(=O)CCc2nc3sc4c(c3c(=O)[nH]2)CCCC4)CC(C)O1. The third kappa shape index (κ3) is 4.87. The van der Waals surface area contributed by atoms with E-state index < -0.39 is 0 Å². The molecule has 2 N–H and O–H groups in total. The van der Waals surface area contributed by atoms with Crippen LogP contribution in [0.2, 0.25) is 0 Å². The van der Waals surface area contributed by atoms with Crippen LogP contribution in [-0.2, 0) is 28.8 Å². The highest BCUT2D eigenvalue weighted by Gasteiger charge is 2.22. The minimum atomic E-state index is -0.0552. The van der Waals surface area contributed by atoms with E-state index in [1.165, 1.54) is 16.9 Å². The maximum Gasteiger partial charge on any atom is 0.259 e. The Bertz CT molecular complexity index is 928. The van der Waals surface area contributed by atoms with Gasteiger partial charge in [-0.25, -0.2) is 4.98 Å². The Kier molecular flexibility index (Phi) is 6.32. The van der Waals surface area contributed by atoms with Gasteiger partial charge in [-0.3, -0.25) is 14.5 Å². The van der Waals surface area contributed by atoms with E-state index in [4.69, 9.17) is 4.74 Å². The highest BCUT2D eigenvalue weighted by Crippen LogP contribution is 2.33. The van der Waals surface area contributed by atoms with Crippen LogP contribution >= 0.6 is 11.3 Å². The number of fused-ring (bicyclic) bond motifs is 3. The number of morpholine rings is 1. The molecule has 0 spiro atoms. The molecule has 1 aliphatic heterocycles. The second-order valence-corrected chi connectivity index (χ2v) is 9.35. The first-order valence-corrected chi connectivity index (χ1v) is 11.5. The molecule has 29 heavy (non-hydrogen) atoms. The van der Waals surface area contributed by atoms with Gasteiger partial charge in [-0.1, -0.05) is 0 Å². The highest BCUT2D eigenvalue weighted by molar-refractivity contribution is 7.18. The molecule has 4 rings (SSSR count). The molecule has 1 aliphatic carbocycles. The predicted octanol–water partition coefficient (Wildman–Crippen LogP) is 2.02. The van der Waals surface area contributed by atoms with Gasteiger partial charge in [-0.15, -0.1) is 11.3 Å². The number of aromatic nitrogens is 2. The fraction of sp³-hybridized carbons (Fsp3) is 0.667. The van der Waals surface area contributed by atoms with Gasteiger partial charge in [-0.2, -0.15) is 0 Å². The lowest BCUT2D eigenvalue weighted by Crippen LogP contribution is -2.47. The van der Waals surface area contributed by atoms with E-state index in [9.17, 15) is 9.59 Å². The van der Waals surface area contributed by atoms with Crippen LogP contribution in [0.25, 0.3) is 10.2 Å². The Balaban J connectivity index is 1.29. The Morgan fingerprint density at radius 1 is 1.28 bits per heavy atom. The van der Waals surface area contributed by atoms with Crippen LogP contribution in [0.4, 0.5) is 0 Å². The number of carbonyl (C=O) groups excluding carboxylic acids is 1. The maximum atomic E-state index is 12.6. The minimum absolute atomic E-state index is 0.00687. The van der Waals surface area contributed by atoms with Crippen molar-refractivity contribution < 1.29 is 9.53 Å². The number of carbonyl (C=O) groups is 1. The molecule has 1 saturated heterocycles. The molecule has 1 amide bonds. The molecule has 0 radical (unpaired) electrons. The Hall–Kier alpha value is -1.77. The van der Waals surface area contributed by atoms with E-state index in [-0.39, 0.29) is 23.7 Å². The normalized spacial score (nSPS) is 22.6. The van der Waals surface area contributed by atoms with E-state index in [2.05, 4.69) is 34.0 Å². The molecule has 7 nitrogen and oxygen atoms in total. The van der Waals surface area contributed by atoms with Gasteiger partial charge in [0.05, 0.1) is 17.6 Å². The fourth-order valence-electron chi connectivity index (χ4n) is 4.47. The van der Waals surface area contributed by atoms with Gasteiger partial charge in [-0.05, 0) is 45.1 Å². The number of nitrogens with one attached hydrogen (secondary N) is 2. The third-order valence-electron chi connectivity index (χ3n) is 5.71. The van der Waals surface area contributed by atoms with Crippen molar-refractivity contribution in [2.45, 2.75) is 64.6 Å². The minimum Gasteiger partial charge on any atom is -0.373 e. The molecule has 8 heteroatoms. The van der Waals surface area contributed by atoms with Gasteiger partial charge in [0.1, 0.15) is 10.7 Å². The summed E-state index contributed by atoms with van der Waals surface area (Å²) in [6, 6.07) is 0. The van der Waals surface area contributed by atoms with E-state index in [0.717, 1.165) is 49.1 Å². The number of aryl methyl sites for hydroxylation is 3. The molecule has 0 saturated carbocycles. The molecule has 2 atom stereocenters. The summed E-state index contributed by atoms with van der Waals surface area (Å²) in [5.41, 5.74) is 1.14. The zero-order valence-electron chi connectivity index (χ0n) is 17.3. The predicted molar refractivity (Wildman–Crippen MR) is 115 cm³/mol. The number of rotatable bonds is 6. The number of nitrogens with zero attached hydrogens (tertiary/aromatic N) is 2. The van der Waals surface area contributed by atoms with Gasteiger partial charge in [0.2, 0.25) is 5.91 Å². The van der Waals surface area contributed by atoms with Crippen molar-refractivity contribution in [1.29, 1.82) is 0 Å². The standard InChI is InChI=1S/C21H30N4O3S/c1-13-11-25(12-14(2)28-13)10-9-22-18(26)8-7-17-23-20(27)19-15-5-3-4-6-16(15)29-21(19)24-17/h13-14H,3-12H2,1-2H3,(H,22,26)(H,23,24,27). The maximum absolute atomic E-state index is 12.6. The van der Waals surface area contributed by atoms with E-state index in [1.54, 1.807) is 11.3 Å². The van der Waals surface area contributed by atoms with Gasteiger partial charge in [0.15, 0.2) is 0 Å². The summed E-state index contributed by atoms with van der Waals surface area (Å²) in [5.74, 6) is 0.597. The molecular weight excluding hydrogens is 388 g/mol. The van der Waals surface area contributed by atoms with Crippen molar-refractivity contribution in [1.82, 2.24) is 20.2 Å². The van der Waals surface area contributed by atoms with Gasteiger partial charge in [0.25, 0.3) is 5.56 Å². The van der Waals surface area contributed by atoms with Crippen molar-refractivity contribution in [2.75, 3.05) is 26.2 Å². The Morgan fingerprint density at radius 3 is 2.83 bits per heavy atom. The summed E-state index contributed by atoms with van der Waals surface area (Å²) in [6.45, 7) is 7.41. The molecule has 0 bridgehead atoms. The molecule has 1 fully saturated rings. The largest absolute Gasteiger partial charge is 0.373 e. The van der Waals surface area contributed by atoms with Gasteiger partial charge < -0.3 is 15.0 Å². The zero-order valence-corrected chi connectivity index (χ0v) is 18.1. The number of aromatic amines is 1. The van der Waals surface area contributed by atoms with Crippen LogP contribution in [0.1, 0.15) is 49.4 Å². The number of amides is 1. The number of hydrogen-bond donors (Lipinski definition) is 2. The van der Waals surface area contributed by atoms with Crippen LogP contribution in [0.3, 0.4) is 0 Å². The first-order valence-electron chi connectivity index (χ1n) is 10.7. The van der Waals surface area contributed by atoms with Crippen LogP contribution in [0.15, 0.2) is 4.79 Å². The van der Waals surface area contributed by atoms with Crippen LogP contribution in [-0.4, -0.2) is 59.2 Å². The van der Waals surface area contributed by atoms with Crippen molar-refractivity contribution >= 4 is 27.5 Å². The van der Waals surface area contributed by atoms with Crippen molar-refractivity contribution in [3.8, 4) is 0 Å². The molecule has 3 heterocycles. The second kappa shape index (κ2) is 8.93. The van der Waals surface area contributed by atoms with Crippen molar-refractivity contribution in [2.24, 2.45) is 0 Å². The summed E-state index contributed by atoms with van der Waals surface area (Å²) in [4.78, 5) is 36.8. The molecule has 0 aromatic carbocycles.